The second-order valence-electron chi connectivity index (χ2n) is 4.16. The summed E-state index contributed by atoms with van der Waals surface area (Å²) in [5.41, 5.74) is 3.29. The van der Waals surface area contributed by atoms with Crippen LogP contribution in [-0.4, -0.2) is 21.7 Å². The number of rotatable bonds is 1. The maximum Gasteiger partial charge on any atom is 0.221 e. The van der Waals surface area contributed by atoms with Gasteiger partial charge in [-0.3, -0.25) is 0 Å². The zero-order valence-corrected chi connectivity index (χ0v) is 9.60. The van der Waals surface area contributed by atoms with Crippen molar-refractivity contribution < 1.29 is 4.74 Å². The van der Waals surface area contributed by atoms with Gasteiger partial charge < -0.3 is 4.74 Å². The van der Waals surface area contributed by atoms with E-state index < -0.39 is 0 Å². The normalized spacial score (nSPS) is 14.4. The van der Waals surface area contributed by atoms with Crippen LogP contribution in [0.2, 0.25) is 0 Å². The Morgan fingerprint density at radius 2 is 2.24 bits per heavy atom. The van der Waals surface area contributed by atoms with Crippen molar-refractivity contribution >= 4 is 5.65 Å². The van der Waals surface area contributed by atoms with E-state index in [0.717, 1.165) is 42.8 Å². The molecule has 0 atom stereocenters. The lowest BCUT2D eigenvalue weighted by molar-refractivity contribution is 0.375. The Bertz CT molecular complexity index is 623. The highest BCUT2D eigenvalue weighted by atomic mass is 16.5. The maximum absolute atomic E-state index is 9.01. The third-order valence-electron chi connectivity index (χ3n) is 3.19. The minimum atomic E-state index is 0.497. The highest BCUT2D eigenvalue weighted by Crippen LogP contribution is 2.29. The molecule has 0 unspecified atom stereocenters. The molecule has 2 aromatic rings. The van der Waals surface area contributed by atoms with Gasteiger partial charge in [-0.1, -0.05) is 0 Å². The summed E-state index contributed by atoms with van der Waals surface area (Å²) in [5, 5.41) is 13.2. The molecule has 0 amide bonds. The first kappa shape index (κ1) is 10.1. The number of ether oxygens (including phenoxy) is 1. The summed E-state index contributed by atoms with van der Waals surface area (Å²) in [4.78, 5) is 4.55. The number of nitrogens with zero attached hydrogens (tertiary/aromatic N) is 4. The maximum atomic E-state index is 9.01. The molecular formula is C12H12N4O. The zero-order valence-electron chi connectivity index (χ0n) is 9.60. The lowest BCUT2D eigenvalue weighted by Gasteiger charge is -2.18. The Morgan fingerprint density at radius 3 is 3.00 bits per heavy atom. The third-order valence-corrected chi connectivity index (χ3v) is 3.19. The van der Waals surface area contributed by atoms with Crippen molar-refractivity contribution in [3.63, 3.8) is 0 Å². The molecule has 0 saturated carbocycles. The first-order chi connectivity index (χ1) is 8.35. The standard InChI is InChI=1S/C12H12N4O/c1-17-12-9-4-2-3-5-10(9)15-11-8(6-13)7-14-16(11)12/h7H,2-5H2,1H3. The molecule has 0 saturated heterocycles. The summed E-state index contributed by atoms with van der Waals surface area (Å²) < 4.78 is 7.06. The molecule has 2 aromatic heterocycles. The summed E-state index contributed by atoms with van der Waals surface area (Å²) in [6.07, 6.45) is 5.77. The van der Waals surface area contributed by atoms with Crippen LogP contribution >= 0.6 is 0 Å². The van der Waals surface area contributed by atoms with Gasteiger partial charge in [0, 0.05) is 5.56 Å². The minimum Gasteiger partial charge on any atom is -0.481 e. The van der Waals surface area contributed by atoms with E-state index in [4.69, 9.17) is 10.00 Å². The summed E-state index contributed by atoms with van der Waals surface area (Å²) in [6, 6.07) is 2.11. The third kappa shape index (κ3) is 1.37. The number of hydrogen-bond donors (Lipinski definition) is 0. The number of fused-ring (bicyclic) bond motifs is 2. The molecule has 3 rings (SSSR count). The van der Waals surface area contributed by atoms with Crippen LogP contribution in [0, 0.1) is 11.3 Å². The average molecular weight is 228 g/mol. The number of hydrogen-bond acceptors (Lipinski definition) is 4. The van der Waals surface area contributed by atoms with Crippen molar-refractivity contribution in [3.8, 4) is 11.9 Å². The van der Waals surface area contributed by atoms with Gasteiger partial charge in [0.25, 0.3) is 0 Å². The van der Waals surface area contributed by atoms with Gasteiger partial charge in [-0.2, -0.15) is 14.9 Å². The van der Waals surface area contributed by atoms with Crippen molar-refractivity contribution in [1.29, 1.82) is 5.26 Å². The van der Waals surface area contributed by atoms with E-state index in [1.165, 1.54) is 6.20 Å². The lowest BCUT2D eigenvalue weighted by Crippen LogP contribution is -2.11. The molecule has 0 aliphatic heterocycles. The number of nitriles is 1. The molecule has 0 aromatic carbocycles. The molecule has 1 aliphatic rings. The minimum absolute atomic E-state index is 0.497. The van der Waals surface area contributed by atoms with Crippen molar-refractivity contribution in [1.82, 2.24) is 14.6 Å². The number of methoxy groups -OCH3 is 1. The van der Waals surface area contributed by atoms with Gasteiger partial charge in [-0.15, -0.1) is 0 Å². The molecule has 17 heavy (non-hydrogen) atoms. The van der Waals surface area contributed by atoms with Crippen molar-refractivity contribution in [3.05, 3.63) is 23.0 Å². The van der Waals surface area contributed by atoms with Crippen molar-refractivity contribution in [2.75, 3.05) is 7.11 Å². The first-order valence-corrected chi connectivity index (χ1v) is 5.68. The van der Waals surface area contributed by atoms with Crippen LogP contribution in [0.5, 0.6) is 5.88 Å². The second kappa shape index (κ2) is 3.74. The Kier molecular flexibility index (Phi) is 2.22. The highest BCUT2D eigenvalue weighted by Gasteiger charge is 2.21. The van der Waals surface area contributed by atoms with Crippen LogP contribution < -0.4 is 4.74 Å². The average Bonchev–Trinajstić information content (AvgIpc) is 2.78. The fourth-order valence-electron chi connectivity index (χ4n) is 2.39. The van der Waals surface area contributed by atoms with Crippen molar-refractivity contribution in [2.45, 2.75) is 25.7 Å². The van der Waals surface area contributed by atoms with Crippen LogP contribution in [0.15, 0.2) is 6.20 Å². The van der Waals surface area contributed by atoms with Gasteiger partial charge in [0.05, 0.1) is 19.0 Å². The molecule has 0 radical (unpaired) electrons. The van der Waals surface area contributed by atoms with Crippen LogP contribution in [0.25, 0.3) is 5.65 Å². The van der Waals surface area contributed by atoms with Gasteiger partial charge in [-0.05, 0) is 25.7 Å². The van der Waals surface area contributed by atoms with Crippen LogP contribution in [0.1, 0.15) is 29.7 Å². The molecule has 0 fully saturated rings. The molecule has 5 nitrogen and oxygen atoms in total. The Morgan fingerprint density at radius 1 is 1.41 bits per heavy atom. The van der Waals surface area contributed by atoms with E-state index in [-0.39, 0.29) is 0 Å². The Balaban J connectivity index is 2.37. The quantitative estimate of drug-likeness (QED) is 0.741. The molecular weight excluding hydrogens is 216 g/mol. The summed E-state index contributed by atoms with van der Waals surface area (Å²) in [7, 11) is 1.64. The fraction of sp³-hybridized carbons (Fsp3) is 0.417. The van der Waals surface area contributed by atoms with Crippen LogP contribution in [0.3, 0.4) is 0 Å². The number of aromatic nitrogens is 3. The highest BCUT2D eigenvalue weighted by molar-refractivity contribution is 5.57. The molecule has 5 heteroatoms. The predicted octanol–water partition coefficient (Wildman–Crippen LogP) is 1.49. The SMILES string of the molecule is COc1c2c(nc3c(C#N)cnn13)CCCC2. The topological polar surface area (TPSA) is 63.2 Å². The van der Waals surface area contributed by atoms with E-state index in [1.807, 2.05) is 0 Å². The Labute approximate surface area is 98.6 Å². The first-order valence-electron chi connectivity index (χ1n) is 5.68. The fourth-order valence-corrected chi connectivity index (χ4v) is 2.39. The summed E-state index contributed by atoms with van der Waals surface area (Å²) in [5.74, 6) is 0.728. The second-order valence-corrected chi connectivity index (χ2v) is 4.16. The smallest absolute Gasteiger partial charge is 0.221 e. The molecule has 0 spiro atoms. The monoisotopic (exact) mass is 228 g/mol. The largest absolute Gasteiger partial charge is 0.481 e. The van der Waals surface area contributed by atoms with E-state index >= 15 is 0 Å². The van der Waals surface area contributed by atoms with Gasteiger partial charge in [0.1, 0.15) is 11.6 Å². The van der Waals surface area contributed by atoms with Gasteiger partial charge in [0.15, 0.2) is 5.65 Å². The van der Waals surface area contributed by atoms with Crippen molar-refractivity contribution in [2.24, 2.45) is 0 Å². The van der Waals surface area contributed by atoms with Gasteiger partial charge in [-0.25, -0.2) is 4.98 Å². The molecule has 86 valence electrons. The lowest BCUT2D eigenvalue weighted by atomic mass is 9.97. The molecule has 2 heterocycles. The van der Waals surface area contributed by atoms with E-state index in [9.17, 15) is 0 Å². The summed E-state index contributed by atoms with van der Waals surface area (Å²) >= 11 is 0. The summed E-state index contributed by atoms with van der Waals surface area (Å²) in [6.45, 7) is 0. The Hall–Kier alpha value is -2.09. The predicted molar refractivity (Wildman–Crippen MR) is 60.9 cm³/mol. The van der Waals surface area contributed by atoms with E-state index in [1.54, 1.807) is 11.6 Å². The van der Waals surface area contributed by atoms with Gasteiger partial charge >= 0.3 is 0 Å². The molecule has 0 bridgehead atoms. The van der Waals surface area contributed by atoms with Crippen LogP contribution in [-0.2, 0) is 12.8 Å². The number of aryl methyl sites for hydroxylation is 1. The van der Waals surface area contributed by atoms with Crippen LogP contribution in [0.4, 0.5) is 0 Å². The molecule has 1 aliphatic carbocycles. The molecule has 0 N–H and O–H groups in total. The van der Waals surface area contributed by atoms with Gasteiger partial charge in [0.2, 0.25) is 5.88 Å². The zero-order chi connectivity index (χ0) is 11.8. The van der Waals surface area contributed by atoms with E-state index in [0.29, 0.717) is 11.2 Å². The van der Waals surface area contributed by atoms with E-state index in [2.05, 4.69) is 16.2 Å².